The fourth-order valence-corrected chi connectivity index (χ4v) is 0.954. The van der Waals surface area contributed by atoms with E-state index in [1.54, 1.807) is 0 Å². The number of hydrogen-bond donors (Lipinski definition) is 1. The van der Waals surface area contributed by atoms with E-state index in [9.17, 15) is 0 Å². The van der Waals surface area contributed by atoms with Crippen LogP contribution in [-0.4, -0.2) is 17.2 Å². The molecule has 11 heavy (non-hydrogen) atoms. The van der Waals surface area contributed by atoms with Crippen LogP contribution in [0, 0.1) is 0 Å². The summed E-state index contributed by atoms with van der Waals surface area (Å²) in [5.41, 5.74) is 0.575. The molecular formula is C7H8ClNO2. The molecule has 3 nitrogen and oxygen atoms in total. The number of halogens is 1. The van der Waals surface area contributed by atoms with E-state index in [0.717, 1.165) is 0 Å². The van der Waals surface area contributed by atoms with Crippen LogP contribution < -0.4 is 4.74 Å². The largest absolute Gasteiger partial charge is 0.494 e. The molecule has 60 valence electrons. The van der Waals surface area contributed by atoms with Gasteiger partial charge < -0.3 is 9.84 Å². The van der Waals surface area contributed by atoms with E-state index in [-0.39, 0.29) is 6.61 Å². The Hall–Kier alpha value is -0.800. The minimum atomic E-state index is -0.122. The van der Waals surface area contributed by atoms with Crippen molar-refractivity contribution in [3.8, 4) is 5.75 Å². The van der Waals surface area contributed by atoms with Gasteiger partial charge in [0.2, 0.25) is 0 Å². The van der Waals surface area contributed by atoms with E-state index in [4.69, 9.17) is 21.4 Å². The maximum absolute atomic E-state index is 8.76. The van der Waals surface area contributed by atoms with E-state index in [0.29, 0.717) is 16.3 Å². The lowest BCUT2D eigenvalue weighted by molar-refractivity contribution is 0.280. The Morgan fingerprint density at radius 2 is 2.36 bits per heavy atom. The summed E-state index contributed by atoms with van der Waals surface area (Å²) in [5.74, 6) is 0.484. The zero-order chi connectivity index (χ0) is 8.27. The molecule has 1 aromatic heterocycles. The first-order valence-electron chi connectivity index (χ1n) is 3.06. The predicted molar refractivity (Wildman–Crippen MR) is 41.7 cm³/mol. The van der Waals surface area contributed by atoms with Gasteiger partial charge in [0.15, 0.2) is 5.75 Å². The number of ether oxygens (including phenoxy) is 1. The maximum atomic E-state index is 8.76. The van der Waals surface area contributed by atoms with Gasteiger partial charge in [0.1, 0.15) is 0 Å². The van der Waals surface area contributed by atoms with Crippen molar-refractivity contribution in [3.05, 3.63) is 23.0 Å². The van der Waals surface area contributed by atoms with Crippen LogP contribution in [0.5, 0.6) is 5.75 Å². The van der Waals surface area contributed by atoms with Gasteiger partial charge in [0.05, 0.1) is 24.9 Å². The number of methoxy groups -OCH3 is 1. The molecule has 1 heterocycles. The summed E-state index contributed by atoms with van der Waals surface area (Å²) in [6, 6.07) is 0. The van der Waals surface area contributed by atoms with Crippen LogP contribution in [0.25, 0.3) is 0 Å². The first kappa shape index (κ1) is 8.30. The second kappa shape index (κ2) is 3.55. The van der Waals surface area contributed by atoms with Gasteiger partial charge >= 0.3 is 0 Å². The Morgan fingerprint density at radius 1 is 1.64 bits per heavy atom. The molecule has 0 saturated carbocycles. The highest BCUT2D eigenvalue weighted by Crippen LogP contribution is 2.25. The van der Waals surface area contributed by atoms with Crippen molar-refractivity contribution in [2.45, 2.75) is 6.61 Å². The summed E-state index contributed by atoms with van der Waals surface area (Å²) in [7, 11) is 1.50. The standard InChI is InChI=1S/C7H8ClNO2/c1-11-6-3-9-2-5(4-10)7(6)8/h2-3,10H,4H2,1H3. The summed E-state index contributed by atoms with van der Waals surface area (Å²) in [6.45, 7) is -0.122. The first-order valence-corrected chi connectivity index (χ1v) is 3.44. The summed E-state index contributed by atoms with van der Waals surface area (Å²) in [6.07, 6.45) is 3.01. The second-order valence-corrected chi connectivity index (χ2v) is 2.35. The van der Waals surface area contributed by atoms with E-state index in [1.165, 1.54) is 19.5 Å². The number of aliphatic hydroxyl groups is 1. The normalized spacial score (nSPS) is 9.73. The summed E-state index contributed by atoms with van der Waals surface area (Å²) >= 11 is 5.78. The molecule has 0 aromatic carbocycles. The third-order valence-electron chi connectivity index (χ3n) is 1.31. The molecule has 0 amide bonds. The van der Waals surface area contributed by atoms with Crippen molar-refractivity contribution in [2.75, 3.05) is 7.11 Å². The molecule has 0 aliphatic rings. The van der Waals surface area contributed by atoms with Gasteiger partial charge in [0, 0.05) is 11.8 Å². The minimum absolute atomic E-state index is 0.122. The maximum Gasteiger partial charge on any atom is 0.156 e. The molecule has 0 fully saturated rings. The Labute approximate surface area is 69.6 Å². The molecule has 1 N–H and O–H groups in total. The van der Waals surface area contributed by atoms with Crippen molar-refractivity contribution in [1.82, 2.24) is 4.98 Å². The molecular weight excluding hydrogens is 166 g/mol. The molecule has 0 radical (unpaired) electrons. The lowest BCUT2D eigenvalue weighted by atomic mass is 10.3. The van der Waals surface area contributed by atoms with Crippen molar-refractivity contribution in [2.24, 2.45) is 0 Å². The van der Waals surface area contributed by atoms with Gasteiger partial charge in [-0.05, 0) is 0 Å². The predicted octanol–water partition coefficient (Wildman–Crippen LogP) is 1.24. The van der Waals surface area contributed by atoms with Crippen molar-refractivity contribution in [3.63, 3.8) is 0 Å². The molecule has 0 spiro atoms. The quantitative estimate of drug-likeness (QED) is 0.732. The number of nitrogens with zero attached hydrogens (tertiary/aromatic N) is 1. The van der Waals surface area contributed by atoms with Gasteiger partial charge in [-0.15, -0.1) is 0 Å². The van der Waals surface area contributed by atoms with Crippen LogP contribution in [0.3, 0.4) is 0 Å². The fourth-order valence-electron chi connectivity index (χ4n) is 0.719. The van der Waals surface area contributed by atoms with E-state index in [2.05, 4.69) is 4.98 Å². The topological polar surface area (TPSA) is 42.4 Å². The number of hydrogen-bond acceptors (Lipinski definition) is 3. The second-order valence-electron chi connectivity index (χ2n) is 1.97. The number of aromatic nitrogens is 1. The smallest absolute Gasteiger partial charge is 0.156 e. The highest BCUT2D eigenvalue weighted by atomic mass is 35.5. The van der Waals surface area contributed by atoms with Crippen molar-refractivity contribution in [1.29, 1.82) is 0 Å². The van der Waals surface area contributed by atoms with Gasteiger partial charge in [-0.2, -0.15) is 0 Å². The molecule has 0 bridgehead atoms. The average Bonchev–Trinajstić information content (AvgIpc) is 2.05. The van der Waals surface area contributed by atoms with Crippen LogP contribution in [0.15, 0.2) is 12.4 Å². The summed E-state index contributed by atoms with van der Waals surface area (Å²) in [5, 5.41) is 9.18. The van der Waals surface area contributed by atoms with Crippen molar-refractivity contribution >= 4 is 11.6 Å². The third kappa shape index (κ3) is 1.61. The monoisotopic (exact) mass is 173 g/mol. The zero-order valence-electron chi connectivity index (χ0n) is 6.04. The molecule has 1 aromatic rings. The fraction of sp³-hybridized carbons (Fsp3) is 0.286. The van der Waals surface area contributed by atoms with E-state index in [1.807, 2.05) is 0 Å². The Kier molecular flexibility index (Phi) is 2.68. The molecule has 0 atom stereocenters. The van der Waals surface area contributed by atoms with Gasteiger partial charge in [-0.25, -0.2) is 0 Å². The molecule has 0 unspecified atom stereocenters. The molecule has 0 aliphatic heterocycles. The van der Waals surface area contributed by atoms with Crippen LogP contribution in [-0.2, 0) is 6.61 Å². The van der Waals surface area contributed by atoms with Crippen LogP contribution in [0.2, 0.25) is 5.02 Å². The number of aliphatic hydroxyl groups excluding tert-OH is 1. The number of rotatable bonds is 2. The van der Waals surface area contributed by atoms with E-state index >= 15 is 0 Å². The van der Waals surface area contributed by atoms with Gasteiger partial charge in [-0.1, -0.05) is 11.6 Å². The summed E-state index contributed by atoms with van der Waals surface area (Å²) in [4.78, 5) is 3.82. The Morgan fingerprint density at radius 3 is 2.91 bits per heavy atom. The highest BCUT2D eigenvalue weighted by Gasteiger charge is 2.04. The molecule has 0 aliphatic carbocycles. The lowest BCUT2D eigenvalue weighted by Gasteiger charge is -2.04. The van der Waals surface area contributed by atoms with Crippen LogP contribution in [0.1, 0.15) is 5.56 Å². The average molecular weight is 174 g/mol. The SMILES string of the molecule is COc1cncc(CO)c1Cl. The minimum Gasteiger partial charge on any atom is -0.494 e. The van der Waals surface area contributed by atoms with Gasteiger partial charge in [-0.3, -0.25) is 4.98 Å². The molecule has 0 saturated heterocycles. The number of pyridine rings is 1. The Bertz CT molecular complexity index is 230. The van der Waals surface area contributed by atoms with Crippen LogP contribution >= 0.6 is 11.6 Å². The Balaban J connectivity index is 3.10. The summed E-state index contributed by atoms with van der Waals surface area (Å²) < 4.78 is 4.88. The van der Waals surface area contributed by atoms with Crippen LogP contribution in [0.4, 0.5) is 0 Å². The molecule has 4 heteroatoms. The third-order valence-corrected chi connectivity index (χ3v) is 1.74. The first-order chi connectivity index (χ1) is 5.29. The van der Waals surface area contributed by atoms with Crippen molar-refractivity contribution < 1.29 is 9.84 Å². The molecule has 1 rings (SSSR count). The van der Waals surface area contributed by atoms with E-state index < -0.39 is 0 Å². The highest BCUT2D eigenvalue weighted by molar-refractivity contribution is 6.32. The van der Waals surface area contributed by atoms with Gasteiger partial charge in [0.25, 0.3) is 0 Å². The lowest BCUT2D eigenvalue weighted by Crippen LogP contribution is -1.91. The zero-order valence-corrected chi connectivity index (χ0v) is 6.80.